The number of likely N-dealkylation sites (N-methyl/N-ethyl adjacent to an activating group) is 1. The van der Waals surface area contributed by atoms with E-state index in [2.05, 4.69) is 40.0 Å². The Morgan fingerprint density at radius 3 is 2.88 bits per heavy atom. The number of hydrogen-bond acceptors (Lipinski definition) is 5. The van der Waals surface area contributed by atoms with Gasteiger partial charge in [-0.25, -0.2) is 0 Å². The van der Waals surface area contributed by atoms with Crippen LogP contribution in [0.15, 0.2) is 47.4 Å². The van der Waals surface area contributed by atoms with Crippen LogP contribution < -0.4 is 0 Å². The summed E-state index contributed by atoms with van der Waals surface area (Å²) in [6.45, 7) is 4.90. The van der Waals surface area contributed by atoms with Gasteiger partial charge < -0.3 is 9.15 Å². The van der Waals surface area contributed by atoms with Gasteiger partial charge in [0.05, 0.1) is 30.4 Å². The third-order valence-electron chi connectivity index (χ3n) is 5.70. The molecule has 4 rings (SSSR count). The number of ether oxygens (including phenoxy) is 1. The van der Waals surface area contributed by atoms with Crippen LogP contribution >= 0.6 is 0 Å². The first-order valence-electron chi connectivity index (χ1n) is 9.20. The summed E-state index contributed by atoms with van der Waals surface area (Å²) in [5.41, 5.74) is 2.47. The second-order valence-electron chi connectivity index (χ2n) is 7.50. The molecule has 0 saturated carbocycles. The predicted molar refractivity (Wildman–Crippen MR) is 96.0 cm³/mol. The Balaban J connectivity index is 1.28. The van der Waals surface area contributed by atoms with Gasteiger partial charge in [-0.05, 0) is 44.5 Å². The molecule has 2 aliphatic heterocycles. The SMILES string of the molecule is CN(Cc1ccccn1)C1COC2(CCN(Cc3ccoc3)CC2)C1. The van der Waals surface area contributed by atoms with Gasteiger partial charge in [0.15, 0.2) is 0 Å². The van der Waals surface area contributed by atoms with Crippen molar-refractivity contribution in [2.75, 3.05) is 26.7 Å². The summed E-state index contributed by atoms with van der Waals surface area (Å²) in [4.78, 5) is 9.34. The van der Waals surface area contributed by atoms with Crippen LogP contribution in [-0.4, -0.2) is 53.2 Å². The Kier molecular flexibility index (Phi) is 4.88. The zero-order chi connectivity index (χ0) is 17.1. The minimum atomic E-state index is 0.0793. The first-order valence-corrected chi connectivity index (χ1v) is 9.20. The van der Waals surface area contributed by atoms with Gasteiger partial charge in [-0.15, -0.1) is 0 Å². The van der Waals surface area contributed by atoms with E-state index >= 15 is 0 Å². The zero-order valence-electron chi connectivity index (χ0n) is 14.9. The Morgan fingerprint density at radius 1 is 1.28 bits per heavy atom. The number of nitrogens with zero attached hydrogens (tertiary/aromatic N) is 3. The van der Waals surface area contributed by atoms with Crippen molar-refractivity contribution in [2.45, 2.75) is 44.0 Å². The molecule has 0 amide bonds. The van der Waals surface area contributed by atoms with Crippen molar-refractivity contribution in [3.63, 3.8) is 0 Å². The molecule has 0 N–H and O–H groups in total. The van der Waals surface area contributed by atoms with E-state index in [9.17, 15) is 0 Å². The minimum Gasteiger partial charge on any atom is -0.472 e. The summed E-state index contributed by atoms with van der Waals surface area (Å²) < 4.78 is 11.5. The van der Waals surface area contributed by atoms with E-state index in [1.54, 1.807) is 6.26 Å². The number of pyridine rings is 1. The lowest BCUT2D eigenvalue weighted by Crippen LogP contribution is -2.44. The molecule has 5 heteroatoms. The van der Waals surface area contributed by atoms with E-state index in [0.717, 1.165) is 57.7 Å². The van der Waals surface area contributed by atoms with Crippen molar-refractivity contribution in [3.8, 4) is 0 Å². The molecule has 2 aromatic heterocycles. The summed E-state index contributed by atoms with van der Waals surface area (Å²) in [5, 5.41) is 0. The average Bonchev–Trinajstić information content (AvgIpc) is 3.29. The number of likely N-dealkylation sites (tertiary alicyclic amines) is 1. The van der Waals surface area contributed by atoms with Crippen LogP contribution in [0.5, 0.6) is 0 Å². The van der Waals surface area contributed by atoms with Crippen LogP contribution in [0.2, 0.25) is 0 Å². The van der Waals surface area contributed by atoms with Crippen molar-refractivity contribution in [1.29, 1.82) is 0 Å². The van der Waals surface area contributed by atoms with Gasteiger partial charge in [0.1, 0.15) is 0 Å². The van der Waals surface area contributed by atoms with Gasteiger partial charge in [0.25, 0.3) is 0 Å². The molecule has 5 nitrogen and oxygen atoms in total. The number of piperidine rings is 1. The topological polar surface area (TPSA) is 41.7 Å². The lowest BCUT2D eigenvalue weighted by molar-refractivity contribution is -0.0452. The molecular weight excluding hydrogens is 314 g/mol. The van der Waals surface area contributed by atoms with Crippen molar-refractivity contribution in [3.05, 3.63) is 54.2 Å². The summed E-state index contributed by atoms with van der Waals surface area (Å²) in [6, 6.07) is 8.66. The van der Waals surface area contributed by atoms with Crippen LogP contribution in [0.3, 0.4) is 0 Å². The molecule has 2 aliphatic rings. The molecule has 0 bridgehead atoms. The predicted octanol–water partition coefficient (Wildman–Crippen LogP) is 2.93. The molecular formula is C20H27N3O2. The fourth-order valence-electron chi connectivity index (χ4n) is 4.09. The molecule has 2 aromatic rings. The minimum absolute atomic E-state index is 0.0793. The van der Waals surface area contributed by atoms with Gasteiger partial charge in [0, 0.05) is 44.0 Å². The standard InChI is InChI=1S/C20H27N3O2/c1-22(14-18-4-2-3-8-21-18)19-12-20(25-16-19)6-9-23(10-7-20)13-17-5-11-24-15-17/h2-5,8,11,15,19H,6-7,9-10,12-14,16H2,1H3. The molecule has 1 unspecified atom stereocenters. The van der Waals surface area contributed by atoms with E-state index in [0.29, 0.717) is 6.04 Å². The summed E-state index contributed by atoms with van der Waals surface area (Å²) in [6.07, 6.45) is 8.85. The molecule has 4 heterocycles. The highest BCUT2D eigenvalue weighted by Crippen LogP contribution is 2.37. The highest BCUT2D eigenvalue weighted by molar-refractivity contribution is 5.07. The van der Waals surface area contributed by atoms with Crippen LogP contribution in [0, 0.1) is 0 Å². The van der Waals surface area contributed by atoms with Crippen LogP contribution in [0.25, 0.3) is 0 Å². The summed E-state index contributed by atoms with van der Waals surface area (Å²) in [5.74, 6) is 0. The van der Waals surface area contributed by atoms with Crippen molar-refractivity contribution in [2.24, 2.45) is 0 Å². The van der Waals surface area contributed by atoms with E-state index in [1.165, 1.54) is 5.56 Å². The fourth-order valence-corrected chi connectivity index (χ4v) is 4.09. The smallest absolute Gasteiger partial charge is 0.0947 e. The maximum atomic E-state index is 6.33. The number of rotatable bonds is 5. The van der Waals surface area contributed by atoms with Crippen LogP contribution in [-0.2, 0) is 17.8 Å². The second kappa shape index (κ2) is 7.28. The van der Waals surface area contributed by atoms with E-state index < -0.39 is 0 Å². The molecule has 2 fully saturated rings. The van der Waals surface area contributed by atoms with E-state index in [4.69, 9.17) is 9.15 Å². The highest BCUT2D eigenvalue weighted by Gasteiger charge is 2.43. The summed E-state index contributed by atoms with van der Waals surface area (Å²) >= 11 is 0. The van der Waals surface area contributed by atoms with Gasteiger partial charge in [0.2, 0.25) is 0 Å². The van der Waals surface area contributed by atoms with Crippen molar-refractivity contribution in [1.82, 2.24) is 14.8 Å². The lowest BCUT2D eigenvalue weighted by Gasteiger charge is -2.38. The van der Waals surface area contributed by atoms with Gasteiger partial charge in [-0.2, -0.15) is 0 Å². The average molecular weight is 341 g/mol. The highest BCUT2D eigenvalue weighted by atomic mass is 16.5. The maximum absolute atomic E-state index is 6.33. The Bertz CT molecular complexity index is 651. The quantitative estimate of drug-likeness (QED) is 0.836. The third-order valence-corrected chi connectivity index (χ3v) is 5.70. The maximum Gasteiger partial charge on any atom is 0.0947 e. The Morgan fingerprint density at radius 2 is 2.16 bits per heavy atom. The molecule has 0 aliphatic carbocycles. The van der Waals surface area contributed by atoms with Crippen LogP contribution in [0.4, 0.5) is 0 Å². The van der Waals surface area contributed by atoms with Gasteiger partial charge in [-0.3, -0.25) is 14.8 Å². The monoisotopic (exact) mass is 341 g/mol. The first-order chi connectivity index (χ1) is 12.2. The van der Waals surface area contributed by atoms with Gasteiger partial charge >= 0.3 is 0 Å². The van der Waals surface area contributed by atoms with Crippen molar-refractivity contribution < 1.29 is 9.15 Å². The number of aromatic nitrogens is 1. The summed E-state index contributed by atoms with van der Waals surface area (Å²) in [7, 11) is 2.19. The lowest BCUT2D eigenvalue weighted by atomic mass is 9.87. The van der Waals surface area contributed by atoms with Gasteiger partial charge in [-0.1, -0.05) is 6.07 Å². The first kappa shape index (κ1) is 16.8. The van der Waals surface area contributed by atoms with E-state index in [-0.39, 0.29) is 5.60 Å². The molecule has 25 heavy (non-hydrogen) atoms. The molecule has 1 spiro atoms. The third kappa shape index (κ3) is 3.94. The fraction of sp³-hybridized carbons (Fsp3) is 0.550. The molecule has 0 radical (unpaired) electrons. The Labute approximate surface area is 149 Å². The second-order valence-corrected chi connectivity index (χ2v) is 7.50. The molecule has 0 aromatic carbocycles. The number of furan rings is 1. The van der Waals surface area contributed by atoms with Crippen molar-refractivity contribution >= 4 is 0 Å². The Hall–Kier alpha value is -1.69. The molecule has 2 saturated heterocycles. The number of hydrogen-bond donors (Lipinski definition) is 0. The van der Waals surface area contributed by atoms with Crippen LogP contribution in [0.1, 0.15) is 30.5 Å². The molecule has 1 atom stereocenters. The normalized spacial score (nSPS) is 23.5. The molecule has 134 valence electrons. The zero-order valence-corrected chi connectivity index (χ0v) is 14.9. The van der Waals surface area contributed by atoms with E-state index in [1.807, 2.05) is 18.5 Å². The largest absolute Gasteiger partial charge is 0.472 e.